The van der Waals surface area contributed by atoms with E-state index in [-0.39, 0.29) is 32.2 Å². The zero-order chi connectivity index (χ0) is 27.5. The van der Waals surface area contributed by atoms with E-state index in [1.54, 1.807) is 30.3 Å². The van der Waals surface area contributed by atoms with Crippen LogP contribution in [0.15, 0.2) is 30.3 Å². The van der Waals surface area contributed by atoms with Gasteiger partial charge in [-0.3, -0.25) is 24.0 Å². The molecular weight excluding hydrogens is 488 g/mol. The molecule has 4 atom stereocenters. The molecule has 1 saturated heterocycles. The molecule has 0 bridgehead atoms. The zero-order valence-electron chi connectivity index (χ0n) is 20.2. The maximum absolute atomic E-state index is 13.2. The minimum absolute atomic E-state index is 0.0163. The van der Waals surface area contributed by atoms with Gasteiger partial charge >= 0.3 is 17.9 Å². The summed E-state index contributed by atoms with van der Waals surface area (Å²) in [5.74, 6) is -5.75. The molecular formula is C24H32N4O9. The molecule has 1 aliphatic rings. The third-order valence-electron chi connectivity index (χ3n) is 6.00. The number of carbonyl (C=O) groups is 6. The molecule has 2 rings (SSSR count). The number of benzene rings is 1. The van der Waals surface area contributed by atoms with E-state index in [9.17, 15) is 33.9 Å². The maximum Gasteiger partial charge on any atom is 0.326 e. The molecule has 3 amide bonds. The van der Waals surface area contributed by atoms with Crippen LogP contribution in [0.1, 0.15) is 44.1 Å². The van der Waals surface area contributed by atoms with Crippen molar-refractivity contribution in [2.45, 2.75) is 69.1 Å². The number of carboxylic acids is 3. The molecule has 1 heterocycles. The van der Waals surface area contributed by atoms with Crippen molar-refractivity contribution in [2.75, 3.05) is 6.54 Å². The molecule has 0 spiro atoms. The Bertz CT molecular complexity index is 1000. The Balaban J connectivity index is 2.16. The summed E-state index contributed by atoms with van der Waals surface area (Å²) in [6.45, 7) is 0.240. The van der Waals surface area contributed by atoms with Crippen LogP contribution < -0.4 is 16.4 Å². The second-order valence-corrected chi connectivity index (χ2v) is 8.81. The van der Waals surface area contributed by atoms with Crippen molar-refractivity contribution >= 4 is 35.6 Å². The van der Waals surface area contributed by atoms with E-state index >= 15 is 0 Å². The first-order valence-electron chi connectivity index (χ1n) is 11.9. The molecule has 4 unspecified atom stereocenters. The molecule has 0 radical (unpaired) electrons. The maximum atomic E-state index is 13.2. The van der Waals surface area contributed by atoms with Crippen LogP contribution in [0.4, 0.5) is 0 Å². The van der Waals surface area contributed by atoms with Gasteiger partial charge in [-0.2, -0.15) is 0 Å². The number of aliphatic carboxylic acids is 3. The zero-order valence-corrected chi connectivity index (χ0v) is 20.2. The van der Waals surface area contributed by atoms with Crippen LogP contribution in [0.5, 0.6) is 0 Å². The highest BCUT2D eigenvalue weighted by molar-refractivity contribution is 5.94. The van der Waals surface area contributed by atoms with Crippen molar-refractivity contribution in [3.63, 3.8) is 0 Å². The molecule has 13 heteroatoms. The summed E-state index contributed by atoms with van der Waals surface area (Å²) < 4.78 is 0. The summed E-state index contributed by atoms with van der Waals surface area (Å²) in [5.41, 5.74) is 6.52. The Morgan fingerprint density at radius 2 is 1.54 bits per heavy atom. The van der Waals surface area contributed by atoms with Crippen molar-refractivity contribution in [1.82, 2.24) is 15.5 Å². The predicted octanol–water partition coefficient (Wildman–Crippen LogP) is -0.669. The van der Waals surface area contributed by atoms with E-state index in [2.05, 4.69) is 10.6 Å². The first-order valence-corrected chi connectivity index (χ1v) is 11.9. The summed E-state index contributed by atoms with van der Waals surface area (Å²) >= 11 is 0. The molecule has 202 valence electrons. The van der Waals surface area contributed by atoms with Gasteiger partial charge in [-0.1, -0.05) is 30.3 Å². The highest BCUT2D eigenvalue weighted by atomic mass is 16.4. The molecule has 13 nitrogen and oxygen atoms in total. The van der Waals surface area contributed by atoms with Crippen molar-refractivity contribution in [3.8, 4) is 0 Å². The van der Waals surface area contributed by atoms with Gasteiger partial charge in [-0.25, -0.2) is 4.79 Å². The predicted molar refractivity (Wildman–Crippen MR) is 128 cm³/mol. The second kappa shape index (κ2) is 13.9. The summed E-state index contributed by atoms with van der Waals surface area (Å²) in [7, 11) is 0. The number of carbonyl (C=O) groups excluding carboxylic acids is 3. The molecule has 1 aromatic rings. The van der Waals surface area contributed by atoms with Crippen LogP contribution in [0.25, 0.3) is 0 Å². The molecule has 0 aromatic heterocycles. The molecule has 37 heavy (non-hydrogen) atoms. The number of carboxylic acid groups (broad SMARTS) is 3. The highest BCUT2D eigenvalue weighted by Gasteiger charge is 2.38. The normalized spacial score (nSPS) is 17.3. The quantitative estimate of drug-likeness (QED) is 0.182. The van der Waals surface area contributed by atoms with Gasteiger partial charge in [0.15, 0.2) is 0 Å². The Morgan fingerprint density at radius 1 is 0.919 bits per heavy atom. The van der Waals surface area contributed by atoms with E-state index in [1.807, 2.05) is 0 Å². The third kappa shape index (κ3) is 9.18. The van der Waals surface area contributed by atoms with Crippen LogP contribution in [0.2, 0.25) is 0 Å². The molecule has 1 aliphatic heterocycles. The Labute approximate surface area is 213 Å². The summed E-state index contributed by atoms with van der Waals surface area (Å²) in [6, 6.07) is 3.95. The van der Waals surface area contributed by atoms with Crippen LogP contribution in [0, 0.1) is 0 Å². The average Bonchev–Trinajstić information content (AvgIpc) is 3.34. The summed E-state index contributed by atoms with van der Waals surface area (Å²) in [4.78, 5) is 73.5. The number of hydrogen-bond acceptors (Lipinski definition) is 7. The lowest BCUT2D eigenvalue weighted by Gasteiger charge is -2.28. The van der Waals surface area contributed by atoms with E-state index < -0.39 is 66.2 Å². The monoisotopic (exact) mass is 520 g/mol. The molecule has 1 fully saturated rings. The van der Waals surface area contributed by atoms with E-state index in [4.69, 9.17) is 15.9 Å². The number of hydrogen-bond donors (Lipinski definition) is 6. The van der Waals surface area contributed by atoms with Crippen LogP contribution >= 0.6 is 0 Å². The van der Waals surface area contributed by atoms with Crippen molar-refractivity contribution in [2.24, 2.45) is 5.73 Å². The van der Waals surface area contributed by atoms with Crippen LogP contribution in [-0.2, 0) is 35.2 Å². The molecule has 0 saturated carbocycles. The van der Waals surface area contributed by atoms with Crippen LogP contribution in [-0.4, -0.2) is 86.6 Å². The van der Waals surface area contributed by atoms with E-state index in [1.165, 1.54) is 4.90 Å². The van der Waals surface area contributed by atoms with Gasteiger partial charge in [0.25, 0.3) is 0 Å². The fraction of sp³-hybridized carbons (Fsp3) is 0.500. The van der Waals surface area contributed by atoms with Crippen molar-refractivity contribution < 1.29 is 44.1 Å². The fourth-order valence-electron chi connectivity index (χ4n) is 4.04. The lowest BCUT2D eigenvalue weighted by atomic mass is 10.0. The molecule has 7 N–H and O–H groups in total. The lowest BCUT2D eigenvalue weighted by molar-refractivity contribution is -0.144. The number of nitrogens with two attached hydrogens (primary N) is 1. The first kappa shape index (κ1) is 29.2. The largest absolute Gasteiger partial charge is 0.481 e. The number of rotatable bonds is 14. The Hall–Kier alpha value is -4.00. The number of likely N-dealkylation sites (tertiary alicyclic amines) is 1. The van der Waals surface area contributed by atoms with E-state index in [0.29, 0.717) is 18.4 Å². The van der Waals surface area contributed by atoms with E-state index in [0.717, 1.165) is 0 Å². The Kier molecular flexibility index (Phi) is 11.0. The third-order valence-corrected chi connectivity index (χ3v) is 6.00. The standard InChI is InChI=1S/C24H32N4O9/c25-15(8-10-19(29)30)23(35)28-12-4-7-18(28)22(34)27-17(13-14-5-2-1-3-6-14)21(33)26-16(24(36)37)9-11-20(31)32/h1-3,5-6,15-18H,4,7-13,25H2,(H,26,33)(H,27,34)(H,29,30)(H,31,32)(H,36,37). The number of amides is 3. The second-order valence-electron chi connectivity index (χ2n) is 8.81. The molecule has 1 aromatic carbocycles. The SMILES string of the molecule is NC(CCC(=O)O)C(=O)N1CCCC1C(=O)NC(Cc1ccccc1)C(=O)NC(CCC(=O)O)C(=O)O. The summed E-state index contributed by atoms with van der Waals surface area (Å²) in [5, 5.41) is 32.0. The highest BCUT2D eigenvalue weighted by Crippen LogP contribution is 2.20. The smallest absolute Gasteiger partial charge is 0.326 e. The lowest BCUT2D eigenvalue weighted by Crippen LogP contribution is -2.57. The van der Waals surface area contributed by atoms with Gasteiger partial charge < -0.3 is 36.6 Å². The minimum atomic E-state index is -1.48. The topological polar surface area (TPSA) is 216 Å². The average molecular weight is 521 g/mol. The van der Waals surface area contributed by atoms with Gasteiger partial charge in [0.2, 0.25) is 17.7 Å². The molecule has 0 aliphatic carbocycles. The Morgan fingerprint density at radius 3 is 2.14 bits per heavy atom. The van der Waals surface area contributed by atoms with Gasteiger partial charge in [0, 0.05) is 25.8 Å². The van der Waals surface area contributed by atoms with Crippen molar-refractivity contribution in [3.05, 3.63) is 35.9 Å². The fourth-order valence-corrected chi connectivity index (χ4v) is 4.04. The summed E-state index contributed by atoms with van der Waals surface area (Å²) in [6.07, 6.45) is -0.395. The van der Waals surface area contributed by atoms with Crippen molar-refractivity contribution in [1.29, 1.82) is 0 Å². The number of nitrogens with one attached hydrogen (secondary N) is 2. The van der Waals surface area contributed by atoms with Gasteiger partial charge in [-0.05, 0) is 31.2 Å². The first-order chi connectivity index (χ1) is 17.5. The van der Waals surface area contributed by atoms with Crippen LogP contribution in [0.3, 0.4) is 0 Å². The number of nitrogens with zero attached hydrogens (tertiary/aromatic N) is 1. The minimum Gasteiger partial charge on any atom is -0.481 e. The van der Waals surface area contributed by atoms with Gasteiger partial charge in [-0.15, -0.1) is 0 Å². The van der Waals surface area contributed by atoms with Gasteiger partial charge in [0.1, 0.15) is 18.1 Å². The van der Waals surface area contributed by atoms with Gasteiger partial charge in [0.05, 0.1) is 6.04 Å².